The molecule has 0 aromatic heterocycles. The summed E-state index contributed by atoms with van der Waals surface area (Å²) in [6.45, 7) is 0.572. The molecule has 2 rings (SSSR count). The Morgan fingerprint density at radius 1 is 1.35 bits per heavy atom. The van der Waals surface area contributed by atoms with Crippen molar-refractivity contribution in [3.8, 4) is 5.75 Å². The summed E-state index contributed by atoms with van der Waals surface area (Å²) in [7, 11) is -1.06. The van der Waals surface area contributed by atoms with Crippen molar-refractivity contribution in [2.24, 2.45) is 0 Å². The van der Waals surface area contributed by atoms with Crippen molar-refractivity contribution in [1.29, 1.82) is 0 Å². The van der Waals surface area contributed by atoms with Crippen LogP contribution in [0.25, 0.3) is 0 Å². The molecule has 1 aromatic carbocycles. The Hall–Kier alpha value is -1.80. The third kappa shape index (κ3) is 4.59. The third-order valence-electron chi connectivity index (χ3n) is 3.59. The summed E-state index contributed by atoms with van der Waals surface area (Å²) < 4.78 is 42.5. The van der Waals surface area contributed by atoms with E-state index in [-0.39, 0.29) is 28.9 Å². The van der Waals surface area contributed by atoms with E-state index in [0.717, 1.165) is 12.8 Å². The smallest absolute Gasteiger partial charge is 0.340 e. The van der Waals surface area contributed by atoms with Crippen LogP contribution in [0.4, 0.5) is 5.69 Å². The number of hydrogen-bond acceptors (Lipinski definition) is 6. The first kappa shape index (κ1) is 17.6. The van der Waals surface area contributed by atoms with Crippen LogP contribution >= 0.6 is 0 Å². The second-order valence-electron chi connectivity index (χ2n) is 5.25. The third-order valence-corrected chi connectivity index (χ3v) is 4.91. The maximum atomic E-state index is 12.4. The predicted octanol–water partition coefficient (Wildman–Crippen LogP) is 1.79. The van der Waals surface area contributed by atoms with Crippen LogP contribution in [-0.2, 0) is 19.5 Å². The molecule has 7 nitrogen and oxygen atoms in total. The van der Waals surface area contributed by atoms with Crippen LogP contribution in [0, 0.1) is 0 Å². The molecule has 1 unspecified atom stereocenters. The molecule has 1 N–H and O–H groups in total. The number of carbonyl (C=O) groups excluding carboxylic acids is 1. The van der Waals surface area contributed by atoms with Crippen molar-refractivity contribution in [2.75, 3.05) is 31.3 Å². The molecule has 1 aliphatic rings. The first-order chi connectivity index (χ1) is 11.0. The SMILES string of the molecule is COC(=O)c1cccc(OC)c1NS(=O)(=O)CC1CCCCO1. The number of rotatable bonds is 6. The Morgan fingerprint density at radius 3 is 2.74 bits per heavy atom. The number of methoxy groups -OCH3 is 2. The number of ether oxygens (including phenoxy) is 3. The molecule has 23 heavy (non-hydrogen) atoms. The first-order valence-corrected chi connectivity index (χ1v) is 8.99. The van der Waals surface area contributed by atoms with Crippen molar-refractivity contribution < 1.29 is 27.4 Å². The molecule has 0 saturated carbocycles. The second kappa shape index (κ2) is 7.65. The van der Waals surface area contributed by atoms with Gasteiger partial charge in [0.15, 0.2) is 0 Å². The number of carbonyl (C=O) groups is 1. The Balaban J connectivity index is 2.24. The molecule has 1 saturated heterocycles. The van der Waals surface area contributed by atoms with Gasteiger partial charge >= 0.3 is 5.97 Å². The average molecular weight is 343 g/mol. The lowest BCUT2D eigenvalue weighted by molar-refractivity contribution is 0.0306. The maximum Gasteiger partial charge on any atom is 0.340 e. The quantitative estimate of drug-likeness (QED) is 0.792. The normalized spacial score (nSPS) is 18.3. The summed E-state index contributed by atoms with van der Waals surface area (Å²) in [6, 6.07) is 4.64. The number of benzene rings is 1. The number of hydrogen-bond donors (Lipinski definition) is 1. The van der Waals surface area contributed by atoms with Crippen LogP contribution in [0.2, 0.25) is 0 Å². The summed E-state index contributed by atoms with van der Waals surface area (Å²) >= 11 is 0. The van der Waals surface area contributed by atoms with Gasteiger partial charge in [-0.1, -0.05) is 6.07 Å². The van der Waals surface area contributed by atoms with Crippen LogP contribution in [0.5, 0.6) is 5.75 Å². The molecule has 8 heteroatoms. The standard InChI is InChI=1S/C15H21NO6S/c1-20-13-8-5-7-12(15(17)21-2)14(13)16-23(18,19)10-11-6-3-4-9-22-11/h5,7-8,11,16H,3-4,6,9-10H2,1-2H3. The highest BCUT2D eigenvalue weighted by Gasteiger charge is 2.25. The molecule has 0 spiro atoms. The van der Waals surface area contributed by atoms with Crippen molar-refractivity contribution in [2.45, 2.75) is 25.4 Å². The average Bonchev–Trinajstić information content (AvgIpc) is 2.54. The number of nitrogens with one attached hydrogen (secondary N) is 1. The van der Waals surface area contributed by atoms with Crippen LogP contribution in [0.3, 0.4) is 0 Å². The molecule has 128 valence electrons. The van der Waals surface area contributed by atoms with Crippen molar-refractivity contribution >= 4 is 21.7 Å². The zero-order valence-corrected chi connectivity index (χ0v) is 14.0. The fourth-order valence-electron chi connectivity index (χ4n) is 2.47. The molecule has 1 aliphatic heterocycles. The van der Waals surface area contributed by atoms with E-state index >= 15 is 0 Å². The fraction of sp³-hybridized carbons (Fsp3) is 0.533. The summed E-state index contributed by atoms with van der Waals surface area (Å²) in [5.41, 5.74) is 0.178. The molecule has 0 radical (unpaired) electrons. The monoisotopic (exact) mass is 343 g/mol. The van der Waals surface area contributed by atoms with Gasteiger partial charge in [0.1, 0.15) is 11.4 Å². The molecule has 1 aromatic rings. The second-order valence-corrected chi connectivity index (χ2v) is 7.01. The molecule has 0 aliphatic carbocycles. The lowest BCUT2D eigenvalue weighted by atomic mass is 10.1. The Kier molecular flexibility index (Phi) is 5.84. The Bertz CT molecular complexity index is 652. The van der Waals surface area contributed by atoms with Gasteiger partial charge in [-0.15, -0.1) is 0 Å². The van der Waals surface area contributed by atoms with E-state index < -0.39 is 16.0 Å². The molecule has 1 heterocycles. The Labute approximate surface area is 136 Å². The summed E-state index contributed by atoms with van der Waals surface area (Å²) in [4.78, 5) is 11.8. The topological polar surface area (TPSA) is 90.9 Å². The van der Waals surface area contributed by atoms with Gasteiger partial charge < -0.3 is 14.2 Å². The van der Waals surface area contributed by atoms with E-state index in [2.05, 4.69) is 9.46 Å². The number of anilines is 1. The minimum absolute atomic E-state index is 0.0812. The van der Waals surface area contributed by atoms with Crippen LogP contribution in [-0.4, -0.2) is 47.1 Å². The summed E-state index contributed by atoms with van der Waals surface area (Å²) in [5, 5.41) is 0. The van der Waals surface area contributed by atoms with Crippen molar-refractivity contribution in [3.05, 3.63) is 23.8 Å². The molecule has 0 bridgehead atoms. The van der Waals surface area contributed by atoms with Gasteiger partial charge in [0.2, 0.25) is 10.0 Å². The van der Waals surface area contributed by atoms with E-state index in [1.165, 1.54) is 20.3 Å². The van der Waals surface area contributed by atoms with Crippen LogP contribution < -0.4 is 9.46 Å². The van der Waals surface area contributed by atoms with Gasteiger partial charge in [0.25, 0.3) is 0 Å². The highest BCUT2D eigenvalue weighted by molar-refractivity contribution is 7.92. The Morgan fingerprint density at radius 2 is 2.13 bits per heavy atom. The summed E-state index contributed by atoms with van der Waals surface area (Å²) in [6.07, 6.45) is 2.26. The van der Waals surface area contributed by atoms with Crippen molar-refractivity contribution in [1.82, 2.24) is 0 Å². The minimum Gasteiger partial charge on any atom is -0.495 e. The number of para-hydroxylation sites is 1. The highest BCUT2D eigenvalue weighted by Crippen LogP contribution is 2.30. The van der Waals surface area contributed by atoms with E-state index in [4.69, 9.17) is 9.47 Å². The molecular formula is C15H21NO6S. The first-order valence-electron chi connectivity index (χ1n) is 7.34. The number of sulfonamides is 1. The zero-order valence-electron chi connectivity index (χ0n) is 13.2. The van der Waals surface area contributed by atoms with Crippen LogP contribution in [0.15, 0.2) is 18.2 Å². The minimum atomic E-state index is -3.69. The van der Waals surface area contributed by atoms with E-state index in [9.17, 15) is 13.2 Å². The summed E-state index contributed by atoms with van der Waals surface area (Å²) in [5.74, 6) is -0.553. The van der Waals surface area contributed by atoms with Gasteiger partial charge in [-0.05, 0) is 31.4 Å². The predicted molar refractivity (Wildman–Crippen MR) is 85.3 cm³/mol. The lowest BCUT2D eigenvalue weighted by Gasteiger charge is -2.23. The highest BCUT2D eigenvalue weighted by atomic mass is 32.2. The van der Waals surface area contributed by atoms with Crippen molar-refractivity contribution in [3.63, 3.8) is 0 Å². The van der Waals surface area contributed by atoms with E-state index in [1.54, 1.807) is 12.1 Å². The van der Waals surface area contributed by atoms with Gasteiger partial charge in [-0.25, -0.2) is 13.2 Å². The lowest BCUT2D eigenvalue weighted by Crippen LogP contribution is -2.31. The van der Waals surface area contributed by atoms with Gasteiger partial charge in [0, 0.05) is 6.61 Å². The fourth-order valence-corrected chi connectivity index (χ4v) is 3.82. The van der Waals surface area contributed by atoms with Gasteiger partial charge in [0.05, 0.1) is 31.6 Å². The molecule has 1 fully saturated rings. The van der Waals surface area contributed by atoms with Crippen LogP contribution in [0.1, 0.15) is 29.6 Å². The molecule has 0 amide bonds. The number of esters is 1. The zero-order chi connectivity index (χ0) is 16.9. The maximum absolute atomic E-state index is 12.4. The molecule has 1 atom stereocenters. The van der Waals surface area contributed by atoms with Gasteiger partial charge in [-0.2, -0.15) is 0 Å². The van der Waals surface area contributed by atoms with Gasteiger partial charge in [-0.3, -0.25) is 4.72 Å². The van der Waals surface area contributed by atoms with E-state index in [1.807, 2.05) is 0 Å². The molecular weight excluding hydrogens is 322 g/mol. The van der Waals surface area contributed by atoms with E-state index in [0.29, 0.717) is 13.0 Å². The largest absolute Gasteiger partial charge is 0.495 e.